The number of anilines is 3. The van der Waals surface area contributed by atoms with E-state index >= 15 is 0 Å². The summed E-state index contributed by atoms with van der Waals surface area (Å²) in [6.45, 7) is 2.12. The van der Waals surface area contributed by atoms with Gasteiger partial charge in [0.2, 0.25) is 0 Å². The third-order valence-corrected chi connectivity index (χ3v) is 4.25. The van der Waals surface area contributed by atoms with Crippen molar-refractivity contribution < 1.29 is 9.47 Å². The van der Waals surface area contributed by atoms with E-state index < -0.39 is 0 Å². The average Bonchev–Trinajstić information content (AvgIpc) is 2.92. The topological polar surface area (TPSA) is 59.5 Å². The van der Waals surface area contributed by atoms with Crippen molar-refractivity contribution in [1.82, 2.24) is 9.97 Å². The molecule has 3 rings (SSSR count). The minimum absolute atomic E-state index is 0.712. The first-order chi connectivity index (χ1) is 11.8. The summed E-state index contributed by atoms with van der Waals surface area (Å²) in [7, 11) is 3.28. The molecule has 1 saturated heterocycles. The van der Waals surface area contributed by atoms with Crippen LogP contribution in [0.1, 0.15) is 25.7 Å². The fraction of sp³-hybridized carbons (Fsp3) is 0.444. The normalized spacial score (nSPS) is 14.8. The van der Waals surface area contributed by atoms with E-state index in [4.69, 9.17) is 9.47 Å². The van der Waals surface area contributed by atoms with Crippen molar-refractivity contribution in [2.45, 2.75) is 25.7 Å². The summed E-state index contributed by atoms with van der Waals surface area (Å²) < 4.78 is 10.7. The molecule has 0 bridgehead atoms. The number of nitrogens with one attached hydrogen (secondary N) is 1. The first-order valence-electron chi connectivity index (χ1n) is 8.36. The van der Waals surface area contributed by atoms with Crippen LogP contribution in [0.4, 0.5) is 17.3 Å². The molecule has 1 aromatic heterocycles. The molecule has 1 N–H and O–H groups in total. The first-order valence-corrected chi connectivity index (χ1v) is 8.36. The maximum atomic E-state index is 5.43. The predicted molar refractivity (Wildman–Crippen MR) is 95.5 cm³/mol. The Morgan fingerprint density at radius 3 is 2.46 bits per heavy atom. The Balaban J connectivity index is 1.79. The molecule has 1 fully saturated rings. The summed E-state index contributed by atoms with van der Waals surface area (Å²) in [6.07, 6.45) is 6.65. The summed E-state index contributed by atoms with van der Waals surface area (Å²) in [5.41, 5.74) is 0.846. The number of hydrogen-bond acceptors (Lipinski definition) is 6. The Labute approximate surface area is 142 Å². The molecule has 2 heterocycles. The fourth-order valence-electron chi connectivity index (χ4n) is 2.93. The second kappa shape index (κ2) is 7.86. The van der Waals surface area contributed by atoms with Gasteiger partial charge in [-0.3, -0.25) is 0 Å². The Hall–Kier alpha value is -2.50. The molecule has 0 atom stereocenters. The van der Waals surface area contributed by atoms with E-state index in [1.54, 1.807) is 20.5 Å². The molecule has 1 aliphatic rings. The van der Waals surface area contributed by atoms with Crippen molar-refractivity contribution in [3.05, 3.63) is 30.6 Å². The maximum absolute atomic E-state index is 5.43. The number of hydrogen-bond donors (Lipinski definition) is 1. The second-order valence-electron chi connectivity index (χ2n) is 5.85. The van der Waals surface area contributed by atoms with Gasteiger partial charge in [-0.15, -0.1) is 0 Å². The lowest BCUT2D eigenvalue weighted by Crippen LogP contribution is -2.25. The van der Waals surface area contributed by atoms with E-state index in [2.05, 4.69) is 20.2 Å². The van der Waals surface area contributed by atoms with Crippen LogP contribution in [0.15, 0.2) is 30.6 Å². The minimum Gasteiger partial charge on any atom is -0.497 e. The van der Waals surface area contributed by atoms with Crippen LogP contribution in [-0.2, 0) is 0 Å². The van der Waals surface area contributed by atoms with Crippen molar-refractivity contribution in [2.75, 3.05) is 37.5 Å². The largest absolute Gasteiger partial charge is 0.497 e. The summed E-state index contributed by atoms with van der Waals surface area (Å²) >= 11 is 0. The number of rotatable bonds is 5. The number of nitrogens with zero attached hydrogens (tertiary/aromatic N) is 3. The Morgan fingerprint density at radius 2 is 1.75 bits per heavy atom. The zero-order chi connectivity index (χ0) is 16.8. The number of benzene rings is 1. The first kappa shape index (κ1) is 16.4. The number of methoxy groups -OCH3 is 2. The van der Waals surface area contributed by atoms with E-state index in [1.165, 1.54) is 25.7 Å². The quantitative estimate of drug-likeness (QED) is 0.904. The average molecular weight is 328 g/mol. The van der Waals surface area contributed by atoms with Crippen LogP contribution in [0.3, 0.4) is 0 Å². The van der Waals surface area contributed by atoms with Gasteiger partial charge in [-0.2, -0.15) is 0 Å². The highest BCUT2D eigenvalue weighted by Gasteiger charge is 2.13. The van der Waals surface area contributed by atoms with E-state index in [-0.39, 0.29) is 0 Å². The summed E-state index contributed by atoms with van der Waals surface area (Å²) in [6, 6.07) is 7.65. The third-order valence-electron chi connectivity index (χ3n) is 4.25. The van der Waals surface area contributed by atoms with Gasteiger partial charge in [-0.25, -0.2) is 9.97 Å². The van der Waals surface area contributed by atoms with Gasteiger partial charge in [0.1, 0.15) is 29.5 Å². The number of aromatic nitrogens is 2. The second-order valence-corrected chi connectivity index (χ2v) is 5.85. The number of ether oxygens (including phenoxy) is 2. The van der Waals surface area contributed by atoms with E-state index in [9.17, 15) is 0 Å². The van der Waals surface area contributed by atoms with E-state index in [0.29, 0.717) is 5.75 Å². The van der Waals surface area contributed by atoms with Crippen LogP contribution in [0.5, 0.6) is 11.5 Å². The highest BCUT2D eigenvalue weighted by atomic mass is 16.5. The molecule has 6 nitrogen and oxygen atoms in total. The van der Waals surface area contributed by atoms with Crippen molar-refractivity contribution in [3.63, 3.8) is 0 Å². The van der Waals surface area contributed by atoms with Crippen LogP contribution in [0.25, 0.3) is 0 Å². The molecular weight excluding hydrogens is 304 g/mol. The fourth-order valence-corrected chi connectivity index (χ4v) is 2.93. The SMILES string of the molecule is COc1ccc(Nc2cc(N3CCCCCC3)ncn2)c(OC)c1. The molecule has 128 valence electrons. The van der Waals surface area contributed by atoms with Gasteiger partial charge >= 0.3 is 0 Å². The molecule has 6 heteroatoms. The van der Waals surface area contributed by atoms with Crippen LogP contribution in [-0.4, -0.2) is 37.3 Å². The maximum Gasteiger partial charge on any atom is 0.146 e. The van der Waals surface area contributed by atoms with Crippen molar-refractivity contribution in [3.8, 4) is 11.5 Å². The smallest absolute Gasteiger partial charge is 0.146 e. The van der Waals surface area contributed by atoms with Crippen LogP contribution < -0.4 is 19.7 Å². The third kappa shape index (κ3) is 3.88. The lowest BCUT2D eigenvalue weighted by atomic mass is 10.2. The molecule has 0 amide bonds. The van der Waals surface area contributed by atoms with Gasteiger partial charge in [-0.05, 0) is 25.0 Å². The van der Waals surface area contributed by atoms with Gasteiger partial charge in [-0.1, -0.05) is 12.8 Å². The van der Waals surface area contributed by atoms with Crippen LogP contribution in [0.2, 0.25) is 0 Å². The Kier molecular flexibility index (Phi) is 5.36. The zero-order valence-electron chi connectivity index (χ0n) is 14.3. The van der Waals surface area contributed by atoms with Gasteiger partial charge in [0, 0.05) is 25.2 Å². The molecular formula is C18H24N4O2. The molecule has 24 heavy (non-hydrogen) atoms. The predicted octanol–water partition coefficient (Wildman–Crippen LogP) is 3.62. The standard InChI is InChI=1S/C18H24N4O2/c1-23-14-7-8-15(16(11-14)24-2)21-17-12-18(20-13-19-17)22-9-5-3-4-6-10-22/h7-8,11-13H,3-6,9-10H2,1-2H3,(H,19,20,21). The highest BCUT2D eigenvalue weighted by Crippen LogP contribution is 2.31. The van der Waals surface area contributed by atoms with Crippen molar-refractivity contribution in [2.24, 2.45) is 0 Å². The van der Waals surface area contributed by atoms with Crippen molar-refractivity contribution in [1.29, 1.82) is 0 Å². The van der Waals surface area contributed by atoms with Crippen LogP contribution >= 0.6 is 0 Å². The summed E-state index contributed by atoms with van der Waals surface area (Å²) in [5.74, 6) is 3.20. The van der Waals surface area contributed by atoms with Crippen molar-refractivity contribution >= 4 is 17.3 Å². The summed E-state index contributed by atoms with van der Waals surface area (Å²) in [4.78, 5) is 11.1. The molecule has 1 aliphatic heterocycles. The van der Waals surface area contributed by atoms with Gasteiger partial charge in [0.05, 0.1) is 19.9 Å². The molecule has 0 saturated carbocycles. The molecule has 1 aromatic carbocycles. The highest BCUT2D eigenvalue weighted by molar-refractivity contribution is 5.67. The van der Waals surface area contributed by atoms with Crippen LogP contribution in [0, 0.1) is 0 Å². The minimum atomic E-state index is 0.712. The molecule has 0 unspecified atom stereocenters. The summed E-state index contributed by atoms with van der Waals surface area (Å²) in [5, 5.41) is 3.31. The van der Waals surface area contributed by atoms with Gasteiger partial charge < -0.3 is 19.7 Å². The molecule has 0 spiro atoms. The lowest BCUT2D eigenvalue weighted by Gasteiger charge is -2.21. The van der Waals surface area contributed by atoms with Gasteiger partial charge in [0.25, 0.3) is 0 Å². The zero-order valence-corrected chi connectivity index (χ0v) is 14.3. The molecule has 0 radical (unpaired) electrons. The molecule has 2 aromatic rings. The van der Waals surface area contributed by atoms with E-state index in [1.807, 2.05) is 24.3 Å². The van der Waals surface area contributed by atoms with Gasteiger partial charge in [0.15, 0.2) is 0 Å². The monoisotopic (exact) mass is 328 g/mol. The Bertz CT molecular complexity index is 670. The Morgan fingerprint density at radius 1 is 0.958 bits per heavy atom. The lowest BCUT2D eigenvalue weighted by molar-refractivity contribution is 0.395. The van der Waals surface area contributed by atoms with E-state index in [0.717, 1.165) is 36.2 Å². The molecule has 0 aliphatic carbocycles.